The molecule has 0 bridgehead atoms. The van der Waals surface area contributed by atoms with Gasteiger partial charge in [0.1, 0.15) is 5.75 Å². The standard InChI is InChI=1S/C19H16N2O3S2/c1-12-3-7-14(8-4-12)17(22)20-21-18(23)16(26-19(21)25)11-13-5-9-15(24-2)10-6-13/h3-11H,1-2H3,(H,20,22)/b16-11-. The average Bonchev–Trinajstić information content (AvgIpc) is 2.90. The van der Waals surface area contributed by atoms with Crippen molar-refractivity contribution in [3.05, 3.63) is 70.1 Å². The van der Waals surface area contributed by atoms with E-state index in [2.05, 4.69) is 5.43 Å². The molecule has 1 fully saturated rings. The summed E-state index contributed by atoms with van der Waals surface area (Å²) in [6, 6.07) is 14.4. The number of hydrogen-bond donors (Lipinski definition) is 1. The third-order valence-corrected chi connectivity index (χ3v) is 5.04. The number of nitrogens with zero attached hydrogens (tertiary/aromatic N) is 1. The summed E-state index contributed by atoms with van der Waals surface area (Å²) < 4.78 is 5.41. The molecule has 1 aliphatic heterocycles. The van der Waals surface area contributed by atoms with Gasteiger partial charge in [0.05, 0.1) is 12.0 Å². The van der Waals surface area contributed by atoms with Crippen LogP contribution < -0.4 is 10.2 Å². The third-order valence-electron chi connectivity index (χ3n) is 3.73. The van der Waals surface area contributed by atoms with Crippen LogP contribution in [0.3, 0.4) is 0 Å². The molecule has 2 aromatic carbocycles. The van der Waals surface area contributed by atoms with E-state index in [1.807, 2.05) is 43.3 Å². The monoisotopic (exact) mass is 384 g/mol. The van der Waals surface area contributed by atoms with Gasteiger partial charge in [-0.1, -0.05) is 41.6 Å². The highest BCUT2D eigenvalue weighted by atomic mass is 32.2. The highest BCUT2D eigenvalue weighted by Gasteiger charge is 2.33. The Labute approximate surface area is 161 Å². The number of nitrogens with one attached hydrogen (secondary N) is 1. The normalized spacial score (nSPS) is 15.5. The number of carbonyl (C=O) groups excluding carboxylic acids is 2. The van der Waals surface area contributed by atoms with E-state index in [1.165, 1.54) is 0 Å². The number of thiocarbonyl (C=S) groups is 1. The summed E-state index contributed by atoms with van der Waals surface area (Å²) >= 11 is 6.38. The number of carbonyl (C=O) groups is 2. The van der Waals surface area contributed by atoms with Crippen LogP contribution in [0.25, 0.3) is 6.08 Å². The van der Waals surface area contributed by atoms with E-state index in [1.54, 1.807) is 25.3 Å². The molecule has 0 radical (unpaired) electrons. The maximum absolute atomic E-state index is 12.6. The second kappa shape index (κ2) is 7.72. The van der Waals surface area contributed by atoms with Crippen molar-refractivity contribution >= 4 is 46.2 Å². The molecular formula is C19H16N2O3S2. The van der Waals surface area contributed by atoms with E-state index in [-0.39, 0.29) is 16.1 Å². The number of thioether (sulfide) groups is 1. The fourth-order valence-electron chi connectivity index (χ4n) is 2.29. The van der Waals surface area contributed by atoms with Crippen molar-refractivity contribution in [2.24, 2.45) is 0 Å². The number of amides is 2. The lowest BCUT2D eigenvalue weighted by atomic mass is 10.1. The molecule has 0 spiro atoms. The minimum atomic E-state index is -0.382. The summed E-state index contributed by atoms with van der Waals surface area (Å²) in [7, 11) is 1.59. The first-order chi connectivity index (χ1) is 12.5. The molecule has 7 heteroatoms. The van der Waals surface area contributed by atoms with Crippen molar-refractivity contribution < 1.29 is 14.3 Å². The van der Waals surface area contributed by atoms with Crippen molar-refractivity contribution in [2.75, 3.05) is 7.11 Å². The molecule has 2 amide bonds. The minimum Gasteiger partial charge on any atom is -0.497 e. The predicted octanol–water partition coefficient (Wildman–Crippen LogP) is 3.55. The van der Waals surface area contributed by atoms with Gasteiger partial charge in [-0.15, -0.1) is 0 Å². The zero-order chi connectivity index (χ0) is 18.7. The van der Waals surface area contributed by atoms with Crippen LogP contribution in [0, 0.1) is 6.92 Å². The Hall–Kier alpha value is -2.64. The van der Waals surface area contributed by atoms with E-state index in [4.69, 9.17) is 17.0 Å². The van der Waals surface area contributed by atoms with E-state index in [9.17, 15) is 9.59 Å². The highest BCUT2D eigenvalue weighted by molar-refractivity contribution is 8.26. The first-order valence-electron chi connectivity index (χ1n) is 7.77. The molecule has 3 rings (SSSR count). The van der Waals surface area contributed by atoms with Crippen LogP contribution in [-0.4, -0.2) is 28.3 Å². The highest BCUT2D eigenvalue weighted by Crippen LogP contribution is 2.31. The zero-order valence-corrected chi connectivity index (χ0v) is 15.8. The number of benzene rings is 2. The van der Waals surface area contributed by atoms with Gasteiger partial charge in [0.25, 0.3) is 11.8 Å². The Kier molecular flexibility index (Phi) is 5.39. The lowest BCUT2D eigenvalue weighted by molar-refractivity contribution is -0.123. The minimum absolute atomic E-state index is 0.287. The van der Waals surface area contributed by atoms with E-state index in [0.717, 1.165) is 33.6 Å². The van der Waals surface area contributed by atoms with Gasteiger partial charge in [0, 0.05) is 5.56 Å². The summed E-state index contributed by atoms with van der Waals surface area (Å²) in [5.74, 6) is 0.00309. The number of hydrazine groups is 1. The fraction of sp³-hybridized carbons (Fsp3) is 0.105. The van der Waals surface area contributed by atoms with E-state index in [0.29, 0.717) is 10.5 Å². The van der Waals surface area contributed by atoms with Gasteiger partial charge in [0.15, 0.2) is 4.32 Å². The molecule has 132 valence electrons. The van der Waals surface area contributed by atoms with Crippen LogP contribution in [0.4, 0.5) is 0 Å². The Morgan fingerprint density at radius 1 is 1.15 bits per heavy atom. The molecule has 5 nitrogen and oxygen atoms in total. The van der Waals surface area contributed by atoms with Crippen molar-refractivity contribution in [1.82, 2.24) is 10.4 Å². The van der Waals surface area contributed by atoms with Crippen molar-refractivity contribution in [2.45, 2.75) is 6.92 Å². The quantitative estimate of drug-likeness (QED) is 0.645. The molecule has 26 heavy (non-hydrogen) atoms. The Morgan fingerprint density at radius 2 is 1.81 bits per heavy atom. The van der Waals surface area contributed by atoms with Crippen LogP contribution in [0.5, 0.6) is 5.75 Å². The fourth-order valence-corrected chi connectivity index (χ4v) is 3.47. The van der Waals surface area contributed by atoms with Crippen molar-refractivity contribution in [3.63, 3.8) is 0 Å². The molecule has 0 aromatic heterocycles. The first kappa shape index (κ1) is 18.2. The molecule has 0 saturated carbocycles. The summed E-state index contributed by atoms with van der Waals surface area (Å²) in [6.07, 6.45) is 1.73. The Bertz CT molecular complexity index is 890. The molecule has 1 heterocycles. The van der Waals surface area contributed by atoms with E-state index < -0.39 is 0 Å². The third kappa shape index (κ3) is 3.95. The zero-order valence-electron chi connectivity index (χ0n) is 14.2. The first-order valence-corrected chi connectivity index (χ1v) is 9.00. The topological polar surface area (TPSA) is 58.6 Å². The Morgan fingerprint density at radius 3 is 2.42 bits per heavy atom. The second-order valence-electron chi connectivity index (χ2n) is 5.60. The molecule has 1 aliphatic rings. The number of aryl methyl sites for hydroxylation is 1. The van der Waals surface area contributed by atoms with Gasteiger partial charge in [-0.05, 0) is 55.0 Å². The van der Waals surface area contributed by atoms with Crippen molar-refractivity contribution in [1.29, 1.82) is 0 Å². The smallest absolute Gasteiger partial charge is 0.285 e. The summed E-state index contributed by atoms with van der Waals surface area (Å²) in [5, 5.41) is 1.11. The van der Waals surface area contributed by atoms with Crippen LogP contribution in [0.2, 0.25) is 0 Å². The number of rotatable bonds is 4. The van der Waals surface area contributed by atoms with Gasteiger partial charge >= 0.3 is 0 Å². The molecule has 0 unspecified atom stereocenters. The van der Waals surface area contributed by atoms with Crippen LogP contribution in [0.1, 0.15) is 21.5 Å². The lowest BCUT2D eigenvalue weighted by Crippen LogP contribution is -2.44. The summed E-state index contributed by atoms with van der Waals surface area (Å²) in [5.41, 5.74) is 4.93. The molecular weight excluding hydrogens is 368 g/mol. The van der Waals surface area contributed by atoms with Crippen LogP contribution in [-0.2, 0) is 4.79 Å². The van der Waals surface area contributed by atoms with Crippen LogP contribution >= 0.6 is 24.0 Å². The van der Waals surface area contributed by atoms with Gasteiger partial charge in [-0.2, -0.15) is 5.01 Å². The van der Waals surface area contributed by atoms with Gasteiger partial charge in [-0.3, -0.25) is 15.0 Å². The summed E-state index contributed by atoms with van der Waals surface area (Å²) in [4.78, 5) is 25.4. The number of methoxy groups -OCH3 is 1. The van der Waals surface area contributed by atoms with E-state index >= 15 is 0 Å². The molecule has 1 saturated heterocycles. The largest absolute Gasteiger partial charge is 0.497 e. The predicted molar refractivity (Wildman–Crippen MR) is 107 cm³/mol. The lowest BCUT2D eigenvalue weighted by Gasteiger charge is -2.15. The number of hydrogen-bond acceptors (Lipinski definition) is 5. The maximum Gasteiger partial charge on any atom is 0.285 e. The molecule has 0 aliphatic carbocycles. The molecule has 2 aromatic rings. The SMILES string of the molecule is COc1ccc(/C=C2\SC(=S)N(NC(=O)c3ccc(C)cc3)C2=O)cc1. The van der Waals surface area contributed by atoms with Gasteiger partial charge in [-0.25, -0.2) is 0 Å². The van der Waals surface area contributed by atoms with Crippen molar-refractivity contribution in [3.8, 4) is 5.75 Å². The van der Waals surface area contributed by atoms with Gasteiger partial charge in [0.2, 0.25) is 0 Å². The number of ether oxygens (including phenoxy) is 1. The molecule has 0 atom stereocenters. The summed E-state index contributed by atoms with van der Waals surface area (Å²) in [6.45, 7) is 1.94. The van der Waals surface area contributed by atoms with Crippen LogP contribution in [0.15, 0.2) is 53.4 Å². The molecule has 1 N–H and O–H groups in total. The maximum atomic E-state index is 12.6. The Balaban J connectivity index is 1.74. The van der Waals surface area contributed by atoms with Gasteiger partial charge < -0.3 is 4.74 Å². The average molecular weight is 384 g/mol. The second-order valence-corrected chi connectivity index (χ2v) is 7.27.